The summed E-state index contributed by atoms with van der Waals surface area (Å²) in [6.07, 6.45) is 4.24. The number of anilines is 2. The van der Waals surface area contributed by atoms with Crippen LogP contribution in [0.4, 0.5) is 15.9 Å². The number of sulfonamides is 1. The van der Waals surface area contributed by atoms with Crippen molar-refractivity contribution in [3.05, 3.63) is 60.2 Å². The van der Waals surface area contributed by atoms with Crippen molar-refractivity contribution in [3.8, 4) is 0 Å². The van der Waals surface area contributed by atoms with E-state index >= 15 is 0 Å². The van der Waals surface area contributed by atoms with E-state index in [2.05, 4.69) is 20.0 Å². The molecule has 0 saturated carbocycles. The van der Waals surface area contributed by atoms with Crippen LogP contribution in [-0.4, -0.2) is 31.2 Å². The quantitative estimate of drug-likeness (QED) is 0.621. The summed E-state index contributed by atoms with van der Waals surface area (Å²) in [5.74, 6) is 0.292. The molecular weight excluding hydrogens is 355 g/mol. The van der Waals surface area contributed by atoms with Crippen molar-refractivity contribution < 1.29 is 12.8 Å². The topological polar surface area (TPSA) is 84.0 Å². The first kappa shape index (κ1) is 18.1. The third-order valence-corrected chi connectivity index (χ3v) is 4.40. The van der Waals surface area contributed by atoms with E-state index in [0.717, 1.165) is 24.7 Å². The van der Waals surface area contributed by atoms with Crippen molar-refractivity contribution in [1.82, 2.24) is 9.97 Å². The van der Waals surface area contributed by atoms with Gasteiger partial charge in [0.25, 0.3) is 0 Å². The number of hydrogen-bond acceptors (Lipinski definition) is 5. The van der Waals surface area contributed by atoms with Gasteiger partial charge in [-0.1, -0.05) is 12.1 Å². The van der Waals surface area contributed by atoms with E-state index in [9.17, 15) is 12.8 Å². The fourth-order valence-electron chi connectivity index (χ4n) is 2.62. The Bertz CT molecular complexity index is 1010. The summed E-state index contributed by atoms with van der Waals surface area (Å²) in [5, 5.41) is 3.87. The van der Waals surface area contributed by atoms with Crippen LogP contribution in [0, 0.1) is 5.82 Å². The van der Waals surface area contributed by atoms with E-state index < -0.39 is 10.0 Å². The second kappa shape index (κ2) is 7.65. The number of nitrogens with one attached hydrogen (secondary N) is 2. The highest BCUT2D eigenvalue weighted by Crippen LogP contribution is 2.20. The van der Waals surface area contributed by atoms with Gasteiger partial charge in [0.05, 0.1) is 11.8 Å². The zero-order valence-electron chi connectivity index (χ0n) is 14.2. The summed E-state index contributed by atoms with van der Waals surface area (Å²) >= 11 is 0. The first-order chi connectivity index (χ1) is 12.4. The van der Waals surface area contributed by atoms with Crippen molar-refractivity contribution >= 4 is 32.4 Å². The lowest BCUT2D eigenvalue weighted by atomic mass is 10.1. The second-order valence-corrected chi connectivity index (χ2v) is 7.73. The van der Waals surface area contributed by atoms with Crippen molar-refractivity contribution in [2.24, 2.45) is 0 Å². The van der Waals surface area contributed by atoms with Crippen LogP contribution in [-0.2, 0) is 16.4 Å². The predicted octanol–water partition coefficient (Wildman–Crippen LogP) is 3.19. The third kappa shape index (κ3) is 4.89. The Hall–Kier alpha value is -2.74. The predicted molar refractivity (Wildman–Crippen MR) is 101 cm³/mol. The molecule has 26 heavy (non-hydrogen) atoms. The van der Waals surface area contributed by atoms with Crippen molar-refractivity contribution in [1.29, 1.82) is 0 Å². The Morgan fingerprint density at radius 3 is 2.58 bits per heavy atom. The molecule has 0 unspecified atom stereocenters. The maximum atomic E-state index is 13.4. The maximum Gasteiger partial charge on any atom is 0.229 e. The van der Waals surface area contributed by atoms with Gasteiger partial charge in [-0.15, -0.1) is 0 Å². The van der Waals surface area contributed by atoms with Gasteiger partial charge >= 0.3 is 0 Å². The minimum atomic E-state index is -3.26. The Balaban J connectivity index is 1.55. The van der Waals surface area contributed by atoms with Gasteiger partial charge in [-0.25, -0.2) is 22.8 Å². The minimum absolute atomic E-state index is 0.321. The van der Waals surface area contributed by atoms with E-state index in [4.69, 9.17) is 0 Å². The van der Waals surface area contributed by atoms with Crippen LogP contribution in [0.1, 0.15) is 12.0 Å². The second-order valence-electron chi connectivity index (χ2n) is 5.99. The molecule has 0 bridgehead atoms. The molecule has 0 radical (unpaired) electrons. The molecule has 1 heterocycles. The number of fused-ring (bicyclic) bond motifs is 1. The maximum absolute atomic E-state index is 13.4. The Morgan fingerprint density at radius 2 is 1.85 bits per heavy atom. The van der Waals surface area contributed by atoms with Crippen LogP contribution >= 0.6 is 0 Å². The number of benzene rings is 2. The first-order valence-electron chi connectivity index (χ1n) is 8.11. The van der Waals surface area contributed by atoms with E-state index in [1.54, 1.807) is 18.2 Å². The molecule has 2 N–H and O–H groups in total. The lowest BCUT2D eigenvalue weighted by Gasteiger charge is -2.09. The smallest absolute Gasteiger partial charge is 0.229 e. The SMILES string of the molecule is CS(=O)(=O)Nc1ccc(CCCNc2ncnc3ccc(F)cc23)cc1. The van der Waals surface area contributed by atoms with Crippen LogP contribution in [0.3, 0.4) is 0 Å². The highest BCUT2D eigenvalue weighted by Gasteiger charge is 2.05. The van der Waals surface area contributed by atoms with E-state index in [0.29, 0.717) is 29.0 Å². The van der Waals surface area contributed by atoms with Crippen LogP contribution in [0.2, 0.25) is 0 Å². The van der Waals surface area contributed by atoms with Crippen molar-refractivity contribution in [3.63, 3.8) is 0 Å². The molecule has 0 aliphatic rings. The van der Waals surface area contributed by atoms with Gasteiger partial charge in [-0.05, 0) is 48.7 Å². The van der Waals surface area contributed by atoms with Crippen LogP contribution in [0.15, 0.2) is 48.8 Å². The van der Waals surface area contributed by atoms with Gasteiger partial charge in [0.1, 0.15) is 18.0 Å². The minimum Gasteiger partial charge on any atom is -0.369 e. The molecule has 3 aromatic rings. The summed E-state index contributed by atoms with van der Waals surface area (Å²) in [6.45, 7) is 0.673. The zero-order chi connectivity index (χ0) is 18.6. The molecule has 0 amide bonds. The molecule has 0 aliphatic carbocycles. The number of aromatic nitrogens is 2. The highest BCUT2D eigenvalue weighted by atomic mass is 32.2. The molecule has 0 fully saturated rings. The fourth-order valence-corrected chi connectivity index (χ4v) is 3.19. The summed E-state index contributed by atoms with van der Waals surface area (Å²) < 4.78 is 38.3. The van der Waals surface area contributed by atoms with Gasteiger partial charge in [0.15, 0.2) is 0 Å². The molecule has 0 saturated heterocycles. The van der Waals surface area contributed by atoms with Crippen molar-refractivity contribution in [2.45, 2.75) is 12.8 Å². The molecule has 0 aliphatic heterocycles. The molecule has 6 nitrogen and oxygen atoms in total. The number of rotatable bonds is 7. The van der Waals surface area contributed by atoms with Gasteiger partial charge in [-0.2, -0.15) is 0 Å². The zero-order valence-corrected chi connectivity index (χ0v) is 15.1. The molecule has 8 heteroatoms. The highest BCUT2D eigenvalue weighted by molar-refractivity contribution is 7.92. The molecule has 1 aromatic heterocycles. The third-order valence-electron chi connectivity index (χ3n) is 3.79. The first-order valence-corrected chi connectivity index (χ1v) is 10.0. The van der Waals surface area contributed by atoms with Crippen molar-refractivity contribution in [2.75, 3.05) is 22.8 Å². The fraction of sp³-hybridized carbons (Fsp3) is 0.222. The molecule has 0 spiro atoms. The summed E-state index contributed by atoms with van der Waals surface area (Å²) in [6, 6.07) is 11.7. The van der Waals surface area contributed by atoms with Crippen LogP contribution in [0.5, 0.6) is 0 Å². The van der Waals surface area contributed by atoms with Crippen LogP contribution < -0.4 is 10.0 Å². The van der Waals surface area contributed by atoms with E-state index in [1.807, 2.05) is 12.1 Å². The number of hydrogen-bond donors (Lipinski definition) is 2. The molecule has 2 aromatic carbocycles. The normalized spacial score (nSPS) is 11.5. The summed E-state index contributed by atoms with van der Waals surface area (Å²) in [5.41, 5.74) is 2.34. The van der Waals surface area contributed by atoms with E-state index in [-0.39, 0.29) is 5.82 Å². The standard InChI is InChI=1S/C18H19FN4O2S/c1-26(24,25)23-15-7-4-13(5-8-15)3-2-10-20-18-16-11-14(19)6-9-17(16)21-12-22-18/h4-9,11-12,23H,2-3,10H2,1H3,(H,20,21,22). The average molecular weight is 374 g/mol. The molecule has 3 rings (SSSR count). The number of aryl methyl sites for hydroxylation is 1. The largest absolute Gasteiger partial charge is 0.369 e. The lowest BCUT2D eigenvalue weighted by Crippen LogP contribution is -2.09. The van der Waals surface area contributed by atoms with Gasteiger partial charge in [0, 0.05) is 17.6 Å². The summed E-state index contributed by atoms with van der Waals surface area (Å²) in [4.78, 5) is 8.31. The molecular formula is C18H19FN4O2S. The monoisotopic (exact) mass is 374 g/mol. The number of halogens is 1. The van der Waals surface area contributed by atoms with E-state index in [1.165, 1.54) is 18.5 Å². The van der Waals surface area contributed by atoms with Gasteiger partial charge < -0.3 is 5.32 Å². The van der Waals surface area contributed by atoms with Gasteiger partial charge in [0.2, 0.25) is 10.0 Å². The summed E-state index contributed by atoms with van der Waals surface area (Å²) in [7, 11) is -3.26. The van der Waals surface area contributed by atoms with Crippen LogP contribution in [0.25, 0.3) is 10.9 Å². The van der Waals surface area contributed by atoms with Gasteiger partial charge in [-0.3, -0.25) is 4.72 Å². The Labute approximate surface area is 151 Å². The molecule has 136 valence electrons. The lowest BCUT2D eigenvalue weighted by molar-refractivity contribution is 0.607. The molecule has 0 atom stereocenters. The Kier molecular flexibility index (Phi) is 5.32. The Morgan fingerprint density at radius 1 is 1.08 bits per heavy atom. The average Bonchev–Trinajstić information content (AvgIpc) is 2.59. The number of nitrogens with zero attached hydrogens (tertiary/aromatic N) is 2.